The highest BCUT2D eigenvalue weighted by Crippen LogP contribution is 2.53. The lowest BCUT2D eigenvalue weighted by Crippen LogP contribution is -2.59. The SMILES string of the molecule is CC=C1CN2C3CC1C(C)C2Cc1c3[nH]c2ccccc12. The van der Waals surface area contributed by atoms with Gasteiger partial charge in [-0.1, -0.05) is 36.8 Å². The molecule has 4 aliphatic heterocycles. The van der Waals surface area contributed by atoms with E-state index in [2.05, 4.69) is 54.1 Å². The lowest BCUT2D eigenvalue weighted by molar-refractivity contribution is -0.0238. The number of hydrogen-bond acceptors (Lipinski definition) is 1. The molecule has 2 nitrogen and oxygen atoms in total. The minimum absolute atomic E-state index is 0.621. The van der Waals surface area contributed by atoms with Gasteiger partial charge in [-0.15, -0.1) is 0 Å². The molecule has 2 heteroatoms. The third kappa shape index (κ3) is 1.41. The number of nitrogens with one attached hydrogen (secondary N) is 1. The number of allylic oxidation sites excluding steroid dienone is 1. The predicted molar refractivity (Wildman–Crippen MR) is 86.3 cm³/mol. The number of rotatable bonds is 0. The highest BCUT2D eigenvalue weighted by molar-refractivity contribution is 5.85. The Morgan fingerprint density at radius 2 is 2.14 bits per heavy atom. The molecule has 108 valence electrons. The highest BCUT2D eigenvalue weighted by atomic mass is 15.2. The molecule has 21 heavy (non-hydrogen) atoms. The second kappa shape index (κ2) is 4.01. The average Bonchev–Trinajstić information content (AvgIpc) is 2.89. The first-order chi connectivity index (χ1) is 10.3. The Morgan fingerprint density at radius 1 is 1.29 bits per heavy atom. The minimum atomic E-state index is 0.621. The Labute approximate surface area is 125 Å². The van der Waals surface area contributed by atoms with Crippen molar-refractivity contribution in [1.29, 1.82) is 0 Å². The van der Waals surface area contributed by atoms with Crippen LogP contribution in [0.2, 0.25) is 0 Å². The van der Waals surface area contributed by atoms with Crippen LogP contribution in [-0.4, -0.2) is 22.5 Å². The number of aromatic amines is 1. The number of para-hydroxylation sites is 1. The van der Waals surface area contributed by atoms with Gasteiger partial charge in [0, 0.05) is 29.2 Å². The van der Waals surface area contributed by atoms with Gasteiger partial charge >= 0.3 is 0 Å². The Balaban J connectivity index is 1.70. The van der Waals surface area contributed by atoms with Crippen LogP contribution >= 0.6 is 0 Å². The van der Waals surface area contributed by atoms with Crippen molar-refractivity contribution >= 4 is 10.9 Å². The van der Waals surface area contributed by atoms with Crippen molar-refractivity contribution in [2.24, 2.45) is 11.8 Å². The minimum Gasteiger partial charge on any atom is -0.357 e. The Bertz CT molecular complexity index is 754. The summed E-state index contributed by atoms with van der Waals surface area (Å²) in [7, 11) is 0. The molecule has 1 aromatic carbocycles. The number of hydrogen-bond donors (Lipinski definition) is 1. The van der Waals surface area contributed by atoms with E-state index >= 15 is 0 Å². The van der Waals surface area contributed by atoms with Crippen molar-refractivity contribution < 1.29 is 0 Å². The number of piperidine rings is 3. The molecule has 5 heterocycles. The van der Waals surface area contributed by atoms with E-state index in [1.165, 1.54) is 36.0 Å². The van der Waals surface area contributed by atoms with Crippen LogP contribution < -0.4 is 0 Å². The molecule has 2 aromatic rings. The van der Waals surface area contributed by atoms with Crippen molar-refractivity contribution in [2.75, 3.05) is 6.54 Å². The topological polar surface area (TPSA) is 19.0 Å². The number of nitrogens with zero attached hydrogens (tertiary/aromatic N) is 1. The van der Waals surface area contributed by atoms with E-state index in [1.807, 2.05) is 0 Å². The molecule has 1 N–H and O–H groups in total. The molecule has 0 amide bonds. The van der Waals surface area contributed by atoms with E-state index in [0.717, 1.165) is 17.9 Å². The zero-order chi connectivity index (χ0) is 14.1. The molecule has 3 saturated heterocycles. The number of fused-ring (bicyclic) bond motifs is 4. The molecule has 0 radical (unpaired) electrons. The van der Waals surface area contributed by atoms with Crippen LogP contribution in [0.25, 0.3) is 10.9 Å². The Morgan fingerprint density at radius 3 is 3.00 bits per heavy atom. The molecule has 0 aliphatic carbocycles. The molecular weight excluding hydrogens is 256 g/mol. The molecule has 5 unspecified atom stereocenters. The van der Waals surface area contributed by atoms with Crippen LogP contribution in [0.5, 0.6) is 0 Å². The van der Waals surface area contributed by atoms with Gasteiger partial charge in [-0.25, -0.2) is 0 Å². The maximum Gasteiger partial charge on any atom is 0.0513 e. The summed E-state index contributed by atoms with van der Waals surface area (Å²) >= 11 is 0. The maximum atomic E-state index is 3.74. The predicted octanol–water partition coefficient (Wildman–Crippen LogP) is 4.05. The maximum absolute atomic E-state index is 3.74. The Hall–Kier alpha value is -1.54. The monoisotopic (exact) mass is 278 g/mol. The number of H-pyrrole nitrogens is 1. The largest absolute Gasteiger partial charge is 0.357 e. The molecule has 0 saturated carbocycles. The van der Waals surface area contributed by atoms with Gasteiger partial charge in [-0.3, -0.25) is 4.90 Å². The van der Waals surface area contributed by atoms with Crippen LogP contribution in [-0.2, 0) is 6.42 Å². The van der Waals surface area contributed by atoms with Gasteiger partial charge in [-0.05, 0) is 43.2 Å². The van der Waals surface area contributed by atoms with Crippen LogP contribution in [0.3, 0.4) is 0 Å². The second-order valence-electron chi connectivity index (χ2n) is 7.09. The van der Waals surface area contributed by atoms with Crippen LogP contribution in [0.1, 0.15) is 37.6 Å². The summed E-state index contributed by atoms with van der Waals surface area (Å²) in [5.41, 5.74) is 6.12. The molecule has 1 aromatic heterocycles. The summed E-state index contributed by atoms with van der Waals surface area (Å²) in [5.74, 6) is 1.59. The smallest absolute Gasteiger partial charge is 0.0513 e. The standard InChI is InChI=1S/C19H22N2/c1-3-12-10-21-17-9-15-13-6-4-5-7-16(13)20-19(15)18(21)8-14(12)11(17)2/h3-7,11,14,17-18,20H,8-10H2,1-2H3. The van der Waals surface area contributed by atoms with Crippen molar-refractivity contribution in [2.45, 2.75) is 38.8 Å². The molecule has 3 fully saturated rings. The van der Waals surface area contributed by atoms with Gasteiger partial charge < -0.3 is 4.98 Å². The quantitative estimate of drug-likeness (QED) is 0.720. The van der Waals surface area contributed by atoms with Gasteiger partial charge in [0.25, 0.3) is 0 Å². The van der Waals surface area contributed by atoms with E-state index in [9.17, 15) is 0 Å². The summed E-state index contributed by atoms with van der Waals surface area (Å²) in [6.07, 6.45) is 4.90. The van der Waals surface area contributed by atoms with Crippen molar-refractivity contribution in [3.8, 4) is 0 Å². The van der Waals surface area contributed by atoms with Gasteiger partial charge in [0.05, 0.1) is 6.04 Å². The van der Waals surface area contributed by atoms with Crippen molar-refractivity contribution in [3.05, 3.63) is 47.2 Å². The first-order valence-corrected chi connectivity index (χ1v) is 8.28. The Kier molecular flexibility index (Phi) is 2.30. The van der Waals surface area contributed by atoms with E-state index in [1.54, 1.807) is 11.1 Å². The molecular formula is C19H22N2. The van der Waals surface area contributed by atoms with Crippen LogP contribution in [0.4, 0.5) is 0 Å². The lowest BCUT2D eigenvalue weighted by Gasteiger charge is -2.58. The van der Waals surface area contributed by atoms with Crippen LogP contribution in [0, 0.1) is 11.8 Å². The fourth-order valence-corrected chi connectivity index (χ4v) is 5.26. The molecule has 0 spiro atoms. The van der Waals surface area contributed by atoms with E-state index < -0.39 is 0 Å². The van der Waals surface area contributed by atoms with Gasteiger partial charge in [0.15, 0.2) is 0 Å². The van der Waals surface area contributed by atoms with Gasteiger partial charge in [0.2, 0.25) is 0 Å². The zero-order valence-electron chi connectivity index (χ0n) is 12.8. The zero-order valence-corrected chi connectivity index (χ0v) is 12.8. The van der Waals surface area contributed by atoms with E-state index in [4.69, 9.17) is 0 Å². The first-order valence-electron chi connectivity index (χ1n) is 8.28. The summed E-state index contributed by atoms with van der Waals surface area (Å²) in [5, 5.41) is 1.46. The number of benzene rings is 1. The highest BCUT2D eigenvalue weighted by Gasteiger charge is 2.51. The van der Waals surface area contributed by atoms with E-state index in [0.29, 0.717) is 6.04 Å². The molecule has 4 aliphatic rings. The lowest BCUT2D eigenvalue weighted by atomic mass is 9.64. The van der Waals surface area contributed by atoms with Gasteiger partial charge in [0.1, 0.15) is 0 Å². The fourth-order valence-electron chi connectivity index (χ4n) is 5.26. The normalized spacial score (nSPS) is 39.0. The summed E-state index contributed by atoms with van der Waals surface area (Å²) in [6.45, 7) is 5.88. The van der Waals surface area contributed by atoms with Crippen LogP contribution in [0.15, 0.2) is 35.9 Å². The summed E-state index contributed by atoms with van der Waals surface area (Å²) in [6, 6.07) is 10.2. The molecule has 4 bridgehead atoms. The molecule has 5 atom stereocenters. The van der Waals surface area contributed by atoms with Crippen molar-refractivity contribution in [3.63, 3.8) is 0 Å². The second-order valence-corrected chi connectivity index (χ2v) is 7.09. The summed E-state index contributed by atoms with van der Waals surface area (Å²) in [4.78, 5) is 6.52. The molecule has 6 rings (SSSR count). The first kappa shape index (κ1) is 12.0. The third-order valence-electron chi connectivity index (χ3n) is 6.35. The average molecular weight is 278 g/mol. The van der Waals surface area contributed by atoms with E-state index in [-0.39, 0.29) is 0 Å². The summed E-state index contributed by atoms with van der Waals surface area (Å²) < 4.78 is 0. The van der Waals surface area contributed by atoms with Gasteiger partial charge in [-0.2, -0.15) is 0 Å². The third-order valence-corrected chi connectivity index (χ3v) is 6.35. The van der Waals surface area contributed by atoms with Crippen molar-refractivity contribution in [1.82, 2.24) is 9.88 Å². The fraction of sp³-hybridized carbons (Fsp3) is 0.474. The number of aromatic nitrogens is 1.